The zero-order valence-electron chi connectivity index (χ0n) is 22.2. The molecule has 0 N–H and O–H groups in total. The van der Waals surface area contributed by atoms with Crippen molar-refractivity contribution >= 4 is 22.1 Å². The minimum Gasteiger partial charge on any atom is -0.226 e. The first kappa shape index (κ1) is 23.9. The van der Waals surface area contributed by atoms with Gasteiger partial charge >= 0.3 is 0 Å². The predicted octanol–water partition coefficient (Wildman–Crippen LogP) is 6.14. The fourth-order valence-corrected chi connectivity index (χ4v) is 5.28. The van der Waals surface area contributed by atoms with E-state index in [0.29, 0.717) is 0 Å². The summed E-state index contributed by atoms with van der Waals surface area (Å²) in [4.78, 5) is 0. The van der Waals surface area contributed by atoms with Crippen molar-refractivity contribution in [3.63, 3.8) is 0 Å². The Balaban J connectivity index is 1.24. The fourth-order valence-electron chi connectivity index (χ4n) is 5.28. The zero-order valence-corrected chi connectivity index (χ0v) is 22.2. The molecule has 0 aliphatic rings. The van der Waals surface area contributed by atoms with Gasteiger partial charge in [0.05, 0.1) is 0 Å². The number of hydrogen-bond acceptors (Lipinski definition) is 0. The van der Waals surface area contributed by atoms with E-state index in [4.69, 9.17) is 0 Å². The van der Waals surface area contributed by atoms with Crippen molar-refractivity contribution in [3.8, 4) is 0 Å². The Bertz CT molecular complexity index is 1590. The van der Waals surface area contributed by atoms with E-state index in [-0.39, 0.29) is 0 Å². The Kier molecular flexibility index (Phi) is 6.62. The average molecular weight is 499 g/mol. The Hall–Kier alpha value is -4.44. The standard InChI is InChI=1S/C34H34N4/c1-27-15-17-31-33(21-27)37(23-29-11-5-3-6-12-29)25-35(31)19-9-10-20-36-26-38(24-30-13-7-4-8-14-30)34-22-28(2)16-18-32(34)36/h3-18,21-22,25-26H,19-20,23-24H2,1-2H3/q+2/b10-9-. The van der Waals surface area contributed by atoms with Gasteiger partial charge in [0.25, 0.3) is 0 Å². The molecule has 6 rings (SSSR count). The van der Waals surface area contributed by atoms with Crippen LogP contribution in [0.25, 0.3) is 22.1 Å². The molecule has 0 atom stereocenters. The van der Waals surface area contributed by atoms with Gasteiger partial charge in [-0.25, -0.2) is 18.3 Å². The summed E-state index contributed by atoms with van der Waals surface area (Å²) in [6, 6.07) is 34.8. The first-order valence-corrected chi connectivity index (χ1v) is 13.3. The molecule has 2 aromatic heterocycles. The molecule has 6 aromatic rings. The Labute approximate surface area is 224 Å². The summed E-state index contributed by atoms with van der Waals surface area (Å²) in [5.41, 5.74) is 10.3. The summed E-state index contributed by atoms with van der Waals surface area (Å²) >= 11 is 0. The normalized spacial score (nSPS) is 11.7. The Morgan fingerprint density at radius 2 is 0.974 bits per heavy atom. The molecule has 188 valence electrons. The second-order valence-electron chi connectivity index (χ2n) is 10.2. The highest BCUT2D eigenvalue weighted by Gasteiger charge is 2.17. The van der Waals surface area contributed by atoms with E-state index in [1.165, 1.54) is 44.3 Å². The molecule has 38 heavy (non-hydrogen) atoms. The van der Waals surface area contributed by atoms with E-state index in [1.54, 1.807) is 0 Å². The molecule has 0 fully saturated rings. The van der Waals surface area contributed by atoms with Crippen LogP contribution in [0, 0.1) is 13.8 Å². The molecule has 0 unspecified atom stereocenters. The van der Waals surface area contributed by atoms with Gasteiger partial charge < -0.3 is 0 Å². The summed E-state index contributed by atoms with van der Waals surface area (Å²) in [7, 11) is 0. The van der Waals surface area contributed by atoms with Crippen LogP contribution in [-0.4, -0.2) is 9.13 Å². The van der Waals surface area contributed by atoms with Gasteiger partial charge in [0, 0.05) is 0 Å². The fraction of sp³-hybridized carbons (Fsp3) is 0.176. The van der Waals surface area contributed by atoms with E-state index >= 15 is 0 Å². The highest BCUT2D eigenvalue weighted by Crippen LogP contribution is 2.17. The van der Waals surface area contributed by atoms with Crippen molar-refractivity contribution in [2.75, 3.05) is 0 Å². The lowest BCUT2D eigenvalue weighted by Crippen LogP contribution is -2.33. The van der Waals surface area contributed by atoms with Crippen molar-refractivity contribution in [3.05, 3.63) is 144 Å². The highest BCUT2D eigenvalue weighted by molar-refractivity contribution is 5.73. The van der Waals surface area contributed by atoms with Crippen LogP contribution in [0.4, 0.5) is 0 Å². The van der Waals surface area contributed by atoms with E-state index in [0.717, 1.165) is 26.2 Å². The number of aromatic nitrogens is 4. The number of fused-ring (bicyclic) bond motifs is 2. The average Bonchev–Trinajstić information content (AvgIpc) is 3.44. The first-order chi connectivity index (χ1) is 18.6. The van der Waals surface area contributed by atoms with Gasteiger partial charge in [-0.15, -0.1) is 0 Å². The molecule has 0 radical (unpaired) electrons. The number of nitrogens with zero attached hydrogens (tertiary/aromatic N) is 4. The number of benzene rings is 4. The third kappa shape index (κ3) is 5.03. The van der Waals surface area contributed by atoms with Crippen molar-refractivity contribution in [2.24, 2.45) is 0 Å². The van der Waals surface area contributed by atoms with Crippen LogP contribution in [0.15, 0.2) is 122 Å². The van der Waals surface area contributed by atoms with Gasteiger partial charge in [0.2, 0.25) is 12.7 Å². The van der Waals surface area contributed by atoms with Crippen LogP contribution in [0.1, 0.15) is 22.3 Å². The molecular formula is C34H34N4+2. The SMILES string of the molecule is Cc1ccc2c(c1)n(Cc1ccccc1)c[n+]2C/C=C\C[n+]1cn(Cc2ccccc2)c2cc(C)ccc21. The highest BCUT2D eigenvalue weighted by atomic mass is 15.1. The minimum absolute atomic E-state index is 0.837. The second-order valence-corrected chi connectivity index (χ2v) is 10.2. The molecule has 0 amide bonds. The maximum Gasteiger partial charge on any atom is 0.245 e. The maximum absolute atomic E-state index is 2.36. The third-order valence-corrected chi connectivity index (χ3v) is 7.22. The molecule has 0 aliphatic carbocycles. The van der Waals surface area contributed by atoms with E-state index in [2.05, 4.69) is 154 Å². The molecular weight excluding hydrogens is 464 g/mol. The lowest BCUT2D eigenvalue weighted by atomic mass is 10.2. The van der Waals surface area contributed by atoms with Crippen LogP contribution in [0.2, 0.25) is 0 Å². The van der Waals surface area contributed by atoms with Crippen LogP contribution < -0.4 is 9.13 Å². The van der Waals surface area contributed by atoms with Gasteiger partial charge in [0.1, 0.15) is 26.2 Å². The van der Waals surface area contributed by atoms with E-state index in [1.807, 2.05) is 0 Å². The molecule has 4 heteroatoms. The molecule has 4 aromatic carbocycles. The Morgan fingerprint density at radius 1 is 0.553 bits per heavy atom. The van der Waals surface area contributed by atoms with Crippen molar-refractivity contribution < 1.29 is 9.13 Å². The van der Waals surface area contributed by atoms with Crippen molar-refractivity contribution in [2.45, 2.75) is 40.0 Å². The number of rotatable bonds is 8. The zero-order chi connectivity index (χ0) is 25.9. The summed E-state index contributed by atoms with van der Waals surface area (Å²) in [5.74, 6) is 0. The van der Waals surface area contributed by atoms with Crippen LogP contribution in [0.3, 0.4) is 0 Å². The third-order valence-electron chi connectivity index (χ3n) is 7.22. The van der Waals surface area contributed by atoms with Gasteiger partial charge in [-0.1, -0.05) is 72.8 Å². The molecule has 0 spiro atoms. The maximum atomic E-state index is 2.36. The van der Waals surface area contributed by atoms with Gasteiger partial charge in [-0.05, 0) is 72.5 Å². The first-order valence-electron chi connectivity index (χ1n) is 13.3. The number of imidazole rings is 2. The molecule has 0 aliphatic heterocycles. The van der Waals surface area contributed by atoms with Gasteiger partial charge in [-0.3, -0.25) is 0 Å². The van der Waals surface area contributed by atoms with Crippen molar-refractivity contribution in [1.29, 1.82) is 0 Å². The van der Waals surface area contributed by atoms with Crippen LogP contribution in [0.5, 0.6) is 0 Å². The number of hydrogen-bond donors (Lipinski definition) is 0. The van der Waals surface area contributed by atoms with Crippen LogP contribution >= 0.6 is 0 Å². The van der Waals surface area contributed by atoms with Gasteiger partial charge in [-0.2, -0.15) is 0 Å². The minimum atomic E-state index is 0.837. The van der Waals surface area contributed by atoms with Gasteiger partial charge in [0.15, 0.2) is 22.1 Å². The summed E-state index contributed by atoms with van der Waals surface area (Å²) < 4.78 is 9.42. The summed E-state index contributed by atoms with van der Waals surface area (Å²) in [6.07, 6.45) is 9.08. The number of aryl methyl sites for hydroxylation is 2. The van der Waals surface area contributed by atoms with E-state index in [9.17, 15) is 0 Å². The summed E-state index contributed by atoms with van der Waals surface area (Å²) in [6.45, 7) is 7.74. The molecule has 0 saturated carbocycles. The Morgan fingerprint density at radius 3 is 1.39 bits per heavy atom. The summed E-state index contributed by atoms with van der Waals surface area (Å²) in [5, 5.41) is 0. The molecule has 0 bridgehead atoms. The largest absolute Gasteiger partial charge is 0.245 e. The lowest BCUT2D eigenvalue weighted by molar-refractivity contribution is -0.666. The smallest absolute Gasteiger partial charge is 0.226 e. The van der Waals surface area contributed by atoms with Crippen LogP contribution in [-0.2, 0) is 26.2 Å². The molecule has 4 nitrogen and oxygen atoms in total. The predicted molar refractivity (Wildman–Crippen MR) is 154 cm³/mol. The molecule has 2 heterocycles. The van der Waals surface area contributed by atoms with E-state index < -0.39 is 0 Å². The number of allylic oxidation sites excluding steroid dienone is 2. The molecule has 0 saturated heterocycles. The van der Waals surface area contributed by atoms with Crippen molar-refractivity contribution in [1.82, 2.24) is 9.13 Å². The quantitative estimate of drug-likeness (QED) is 0.177. The topological polar surface area (TPSA) is 17.6 Å². The second kappa shape index (κ2) is 10.5. The monoisotopic (exact) mass is 498 g/mol. The lowest BCUT2D eigenvalue weighted by Gasteiger charge is -1.98.